The van der Waals surface area contributed by atoms with Crippen molar-refractivity contribution in [3.05, 3.63) is 54.8 Å². The summed E-state index contributed by atoms with van der Waals surface area (Å²) in [6, 6.07) is 3.75. The predicted molar refractivity (Wildman–Crippen MR) is 201 cm³/mol. The summed E-state index contributed by atoms with van der Waals surface area (Å²) in [4.78, 5) is 66.2. The molecule has 57 heavy (non-hydrogen) atoms. The molecule has 7 atom stereocenters. The van der Waals surface area contributed by atoms with Gasteiger partial charge in [0, 0.05) is 12.3 Å². The highest BCUT2D eigenvalue weighted by atomic mass is 32.2. The predicted octanol–water partition coefficient (Wildman–Crippen LogP) is 3.78. The van der Waals surface area contributed by atoms with Crippen LogP contribution in [-0.4, -0.2) is 101 Å². The number of benzene rings is 1. The van der Waals surface area contributed by atoms with Gasteiger partial charge in [0.15, 0.2) is 5.69 Å². The third kappa shape index (κ3) is 8.20. The largest absolute Gasteiger partial charge is 0.468 e. The number of amides is 4. The van der Waals surface area contributed by atoms with Gasteiger partial charge in [-0.2, -0.15) is 8.78 Å². The maximum absolute atomic E-state index is 16.2. The molecule has 1 saturated heterocycles. The Bertz CT molecular complexity index is 2130. The molecular weight excluding hydrogens is 767 g/mol. The van der Waals surface area contributed by atoms with Crippen LogP contribution in [0.25, 0.3) is 11.0 Å². The number of aromatic nitrogens is 2. The summed E-state index contributed by atoms with van der Waals surface area (Å²) < 4.78 is 78.0. The molecule has 1 aromatic heterocycles. The van der Waals surface area contributed by atoms with Gasteiger partial charge in [-0.25, -0.2) is 23.2 Å². The van der Waals surface area contributed by atoms with Gasteiger partial charge < -0.3 is 29.7 Å². The number of alkyl carbamates (subject to hydrolysis) is 1. The lowest BCUT2D eigenvalue weighted by Crippen LogP contribution is -2.60. The fraction of sp³-hybridized carbons (Fsp3) is 0.590. The van der Waals surface area contributed by atoms with Crippen LogP contribution in [-0.2, 0) is 39.8 Å². The average Bonchev–Trinajstić information content (AvgIpc) is 4.04. The monoisotopic (exact) mass is 814 g/mol. The number of para-hydroxylation sites is 2. The number of nitrogens with zero attached hydrogens (tertiary/aromatic N) is 3. The number of allylic oxidation sites excluding steroid dienone is 1. The van der Waals surface area contributed by atoms with Crippen LogP contribution >= 0.6 is 0 Å². The molecule has 4 amide bonds. The zero-order valence-electron chi connectivity index (χ0n) is 32.3. The Morgan fingerprint density at radius 3 is 2.39 bits per heavy atom. The van der Waals surface area contributed by atoms with E-state index in [9.17, 15) is 27.6 Å². The standard InChI is InChI=1S/C39H48F2N6O9S/c1-6-22-19-38(22,34(50)46-57(52,53)23-15-16-23)45-31(48)26-20-37(5)21-47(26)33(49)30(36(2,3)4)44-35(51)55-28-14-9-13-27(28)54-18-10-17-39(40,41)29-32(56-37)43-25-12-8-7-11-24(25)42-29/h6-8,10-12,17,22-23,26-28,30H,1,9,13-16,18-21H2,2-5H3,(H,44,51)(H,45,48)(H,46,50)/b17-10+/t22-,26+,27-,28-,30-,37-,38-/m1/s1. The first-order valence-electron chi connectivity index (χ1n) is 19.2. The minimum atomic E-state index is -3.99. The summed E-state index contributed by atoms with van der Waals surface area (Å²) in [6.45, 7) is 9.86. The SMILES string of the molecule is C=C[C@@H]1C[C@]1(NC(=O)[C@@H]1C[C@]2(C)CN1C(=O)[C@H](C(C)(C)C)NC(=O)O[C@@H]1CCC[C@H]1OC/C=C/C(F)(F)c1nc3ccccc3nc1O2)C(=O)NS(=O)(=O)C1CC1. The van der Waals surface area contributed by atoms with Crippen LogP contribution < -0.4 is 20.1 Å². The van der Waals surface area contributed by atoms with Gasteiger partial charge in [0.05, 0.1) is 35.5 Å². The molecule has 0 spiro atoms. The second kappa shape index (κ2) is 14.6. The zero-order chi connectivity index (χ0) is 41.1. The molecule has 2 aliphatic heterocycles. The van der Waals surface area contributed by atoms with E-state index in [1.807, 2.05) is 0 Å². The van der Waals surface area contributed by atoms with E-state index < -0.39 is 103 Å². The van der Waals surface area contributed by atoms with Crippen LogP contribution in [0.1, 0.15) is 78.3 Å². The van der Waals surface area contributed by atoms with Gasteiger partial charge in [-0.05, 0) is 69.1 Å². The lowest BCUT2D eigenvalue weighted by Gasteiger charge is -2.36. The van der Waals surface area contributed by atoms with Crippen molar-refractivity contribution in [1.29, 1.82) is 0 Å². The molecule has 3 N–H and O–H groups in total. The second-order valence-corrected chi connectivity index (χ2v) is 19.0. The number of fused-ring (bicyclic) bond motifs is 5. The molecule has 18 heteroatoms. The van der Waals surface area contributed by atoms with Crippen LogP contribution in [0.4, 0.5) is 13.6 Å². The van der Waals surface area contributed by atoms with E-state index in [0.717, 1.165) is 6.08 Å². The van der Waals surface area contributed by atoms with Gasteiger partial charge in [-0.15, -0.1) is 6.58 Å². The topological polar surface area (TPSA) is 195 Å². The first-order valence-corrected chi connectivity index (χ1v) is 20.7. The van der Waals surface area contributed by atoms with E-state index in [1.54, 1.807) is 39.0 Å². The number of sulfonamides is 1. The van der Waals surface area contributed by atoms with E-state index in [4.69, 9.17) is 14.2 Å². The molecule has 4 fully saturated rings. The maximum atomic E-state index is 16.2. The smallest absolute Gasteiger partial charge is 0.408 e. The van der Waals surface area contributed by atoms with Crippen LogP contribution in [0.15, 0.2) is 49.1 Å². The second-order valence-electron chi connectivity index (χ2n) is 17.0. The van der Waals surface area contributed by atoms with Gasteiger partial charge in [-0.3, -0.25) is 19.1 Å². The van der Waals surface area contributed by atoms with Gasteiger partial charge in [0.1, 0.15) is 29.3 Å². The molecule has 3 aliphatic carbocycles. The number of alkyl halides is 2. The zero-order valence-corrected chi connectivity index (χ0v) is 33.1. The minimum Gasteiger partial charge on any atom is -0.468 e. The van der Waals surface area contributed by atoms with E-state index in [1.165, 1.54) is 24.0 Å². The fourth-order valence-corrected chi connectivity index (χ4v) is 9.26. The number of carbonyl (C=O) groups is 4. The Hall–Kier alpha value is -4.71. The van der Waals surface area contributed by atoms with Crippen LogP contribution in [0.5, 0.6) is 5.88 Å². The average molecular weight is 815 g/mol. The third-order valence-corrected chi connectivity index (χ3v) is 13.1. The molecule has 0 unspecified atom stereocenters. The first kappa shape index (κ1) is 40.5. The van der Waals surface area contributed by atoms with Crippen molar-refractivity contribution in [3.8, 4) is 5.88 Å². The van der Waals surface area contributed by atoms with Crippen molar-refractivity contribution in [2.75, 3.05) is 13.2 Å². The van der Waals surface area contributed by atoms with E-state index in [-0.39, 0.29) is 37.0 Å². The number of ether oxygens (including phenoxy) is 3. The van der Waals surface area contributed by atoms with Crippen molar-refractivity contribution in [1.82, 2.24) is 30.2 Å². The molecule has 15 nitrogen and oxygen atoms in total. The Labute approximate surface area is 329 Å². The summed E-state index contributed by atoms with van der Waals surface area (Å²) in [5.41, 5.74) is -4.56. The number of hydrogen-bond acceptors (Lipinski definition) is 11. The number of nitrogens with one attached hydrogen (secondary N) is 3. The third-order valence-electron chi connectivity index (χ3n) is 11.3. The normalized spacial score (nSPS) is 32.3. The Morgan fingerprint density at radius 1 is 1.05 bits per heavy atom. The molecule has 5 aliphatic rings. The molecule has 0 radical (unpaired) electrons. The Balaban J connectivity index is 1.28. The highest BCUT2D eigenvalue weighted by Gasteiger charge is 2.62. The molecule has 2 bridgehead atoms. The summed E-state index contributed by atoms with van der Waals surface area (Å²) in [6.07, 6.45) is 3.22. The number of rotatable bonds is 6. The molecule has 3 saturated carbocycles. The summed E-state index contributed by atoms with van der Waals surface area (Å²) >= 11 is 0. The minimum absolute atomic E-state index is 0.0468. The van der Waals surface area contributed by atoms with E-state index in [0.29, 0.717) is 38.2 Å². The summed E-state index contributed by atoms with van der Waals surface area (Å²) in [5.74, 6) is -7.35. The highest BCUT2D eigenvalue weighted by Crippen LogP contribution is 2.46. The Morgan fingerprint density at radius 2 is 1.74 bits per heavy atom. The van der Waals surface area contributed by atoms with Crippen molar-refractivity contribution < 1.29 is 50.6 Å². The van der Waals surface area contributed by atoms with Gasteiger partial charge in [0.25, 0.3) is 5.91 Å². The van der Waals surface area contributed by atoms with Crippen LogP contribution in [0, 0.1) is 11.3 Å². The highest BCUT2D eigenvalue weighted by molar-refractivity contribution is 7.91. The maximum Gasteiger partial charge on any atom is 0.408 e. The molecule has 308 valence electrons. The molecule has 3 heterocycles. The fourth-order valence-electron chi connectivity index (χ4n) is 7.89. The van der Waals surface area contributed by atoms with Gasteiger partial charge in [-0.1, -0.05) is 45.1 Å². The van der Waals surface area contributed by atoms with Crippen molar-refractivity contribution >= 4 is 44.9 Å². The lowest BCUT2D eigenvalue weighted by atomic mass is 9.85. The van der Waals surface area contributed by atoms with Crippen LogP contribution in [0.2, 0.25) is 0 Å². The molecule has 2 aromatic rings. The molecule has 1 aromatic carbocycles. The molecule has 7 rings (SSSR count). The van der Waals surface area contributed by atoms with Crippen molar-refractivity contribution in [2.45, 2.75) is 119 Å². The van der Waals surface area contributed by atoms with Crippen LogP contribution in [0.3, 0.4) is 0 Å². The lowest BCUT2D eigenvalue weighted by molar-refractivity contribution is -0.143. The van der Waals surface area contributed by atoms with Crippen molar-refractivity contribution in [3.63, 3.8) is 0 Å². The number of hydrogen-bond donors (Lipinski definition) is 3. The van der Waals surface area contributed by atoms with Gasteiger partial charge >= 0.3 is 12.0 Å². The van der Waals surface area contributed by atoms with Crippen molar-refractivity contribution in [2.24, 2.45) is 11.3 Å². The molecular formula is C39H48F2N6O9S. The van der Waals surface area contributed by atoms with E-state index >= 15 is 8.78 Å². The quantitative estimate of drug-likeness (QED) is 0.360. The first-order chi connectivity index (χ1) is 26.7. The van der Waals surface area contributed by atoms with E-state index in [2.05, 4.69) is 31.9 Å². The summed E-state index contributed by atoms with van der Waals surface area (Å²) in [5, 5.41) is 4.71. The summed E-state index contributed by atoms with van der Waals surface area (Å²) in [7, 11) is -3.99. The number of halogens is 2. The van der Waals surface area contributed by atoms with Gasteiger partial charge in [0.2, 0.25) is 27.7 Å². The Kier molecular flexibility index (Phi) is 10.4. The number of carbonyl (C=O) groups excluding carboxylic acids is 4.